The van der Waals surface area contributed by atoms with Gasteiger partial charge in [-0.3, -0.25) is 14.2 Å². The highest BCUT2D eigenvalue weighted by molar-refractivity contribution is 6.09. The van der Waals surface area contributed by atoms with Crippen molar-refractivity contribution < 1.29 is 14.3 Å². The molecule has 2 aliphatic rings. The van der Waals surface area contributed by atoms with Crippen LogP contribution in [0, 0.1) is 5.92 Å². The van der Waals surface area contributed by atoms with Gasteiger partial charge in [-0.15, -0.1) is 0 Å². The molecule has 2 aliphatic heterocycles. The molecule has 0 radical (unpaired) electrons. The van der Waals surface area contributed by atoms with Crippen molar-refractivity contribution in [1.82, 2.24) is 9.88 Å². The number of hydrogen-bond donors (Lipinski definition) is 2. The Morgan fingerprint density at radius 1 is 1.06 bits per heavy atom. The second-order valence-corrected chi connectivity index (χ2v) is 9.72. The highest BCUT2D eigenvalue weighted by Gasteiger charge is 2.26. The molecule has 7 heteroatoms. The van der Waals surface area contributed by atoms with E-state index in [4.69, 9.17) is 10.5 Å². The number of piperidine rings is 1. The first-order chi connectivity index (χ1) is 17.1. The molecule has 184 valence electrons. The van der Waals surface area contributed by atoms with Crippen LogP contribution in [-0.2, 0) is 11.2 Å². The lowest BCUT2D eigenvalue weighted by Gasteiger charge is -2.35. The third-order valence-corrected chi connectivity index (χ3v) is 7.38. The maximum atomic E-state index is 13.1. The van der Waals surface area contributed by atoms with Crippen LogP contribution >= 0.6 is 0 Å². The van der Waals surface area contributed by atoms with Gasteiger partial charge in [0.2, 0.25) is 5.91 Å². The fraction of sp³-hybridized carbons (Fsp3) is 0.429. The molecule has 7 nitrogen and oxygen atoms in total. The van der Waals surface area contributed by atoms with E-state index >= 15 is 0 Å². The average Bonchev–Trinajstić information content (AvgIpc) is 3.33. The maximum Gasteiger partial charge on any atom is 0.250 e. The molecule has 1 amide bonds. The van der Waals surface area contributed by atoms with E-state index in [0.717, 1.165) is 68.5 Å². The number of nitrogens with two attached hydrogens (primary N) is 1. The van der Waals surface area contributed by atoms with E-state index in [2.05, 4.69) is 40.5 Å². The number of nitrogens with zero attached hydrogens (tertiary/aromatic N) is 2. The molecule has 35 heavy (non-hydrogen) atoms. The van der Waals surface area contributed by atoms with E-state index in [9.17, 15) is 9.59 Å². The van der Waals surface area contributed by atoms with Gasteiger partial charge >= 0.3 is 0 Å². The van der Waals surface area contributed by atoms with Gasteiger partial charge in [-0.25, -0.2) is 0 Å². The first-order valence-corrected chi connectivity index (χ1v) is 12.7. The Morgan fingerprint density at radius 3 is 2.57 bits per heavy atom. The van der Waals surface area contributed by atoms with Gasteiger partial charge in [-0.2, -0.15) is 0 Å². The van der Waals surface area contributed by atoms with E-state index in [0.29, 0.717) is 24.5 Å². The summed E-state index contributed by atoms with van der Waals surface area (Å²) >= 11 is 0. The summed E-state index contributed by atoms with van der Waals surface area (Å²) in [6, 6.07) is 16.4. The Balaban J connectivity index is 1.33. The minimum Gasteiger partial charge on any atom is -0.379 e. The quantitative estimate of drug-likeness (QED) is 0.546. The van der Waals surface area contributed by atoms with Crippen LogP contribution in [0.2, 0.25) is 0 Å². The molecule has 2 aromatic carbocycles. The normalized spacial score (nSPS) is 19.2. The predicted molar refractivity (Wildman–Crippen MR) is 138 cm³/mol. The van der Waals surface area contributed by atoms with Crippen molar-refractivity contribution in [2.75, 3.05) is 37.7 Å². The van der Waals surface area contributed by atoms with Crippen LogP contribution in [0.25, 0.3) is 10.9 Å². The molecule has 1 aromatic heterocycles. The highest BCUT2D eigenvalue weighted by atomic mass is 16.5. The number of nitrogens with one attached hydrogen (secondary N) is 1. The molecule has 3 aromatic rings. The van der Waals surface area contributed by atoms with Gasteiger partial charge in [-0.05, 0) is 55.4 Å². The van der Waals surface area contributed by atoms with Gasteiger partial charge in [0.05, 0.1) is 30.0 Å². The second-order valence-electron chi connectivity index (χ2n) is 9.72. The standard InChI is InChI=1S/C28H34N4O3/c29-28(34)24-7-8-25-23(12-16-32(25)26(33)9-6-22-19-35-17-13-30-22)27(24)31-14-10-21(11-15-31)18-20-4-2-1-3-5-20/h1-5,7-8,12,16,21-22,30H,6,9-11,13-15,17-19H2,(H2,29,34). The predicted octanol–water partition coefficient (Wildman–Crippen LogP) is 3.61. The van der Waals surface area contributed by atoms with Crippen molar-refractivity contribution in [3.8, 4) is 0 Å². The molecule has 5 rings (SSSR count). The molecular formula is C28H34N4O3. The van der Waals surface area contributed by atoms with Crippen molar-refractivity contribution in [2.45, 2.75) is 38.1 Å². The molecule has 0 saturated carbocycles. The van der Waals surface area contributed by atoms with Crippen molar-refractivity contribution >= 4 is 28.4 Å². The van der Waals surface area contributed by atoms with E-state index < -0.39 is 5.91 Å². The number of amides is 1. The minimum atomic E-state index is -0.434. The highest BCUT2D eigenvalue weighted by Crippen LogP contribution is 2.35. The number of rotatable bonds is 7. The third-order valence-electron chi connectivity index (χ3n) is 7.38. The summed E-state index contributed by atoms with van der Waals surface area (Å²) in [5, 5.41) is 4.32. The number of carbonyl (C=O) groups is 2. The van der Waals surface area contributed by atoms with Crippen LogP contribution in [0.1, 0.15) is 46.4 Å². The lowest BCUT2D eigenvalue weighted by atomic mass is 9.89. The summed E-state index contributed by atoms with van der Waals surface area (Å²) in [4.78, 5) is 27.7. The Morgan fingerprint density at radius 2 is 1.86 bits per heavy atom. The minimum absolute atomic E-state index is 0.0479. The molecule has 1 unspecified atom stereocenters. The lowest BCUT2D eigenvalue weighted by Crippen LogP contribution is -2.41. The number of ether oxygens (including phenoxy) is 1. The second kappa shape index (κ2) is 10.6. The Hall–Kier alpha value is -3.16. The maximum absolute atomic E-state index is 13.1. The van der Waals surface area contributed by atoms with Crippen molar-refractivity contribution in [3.05, 3.63) is 65.9 Å². The van der Waals surface area contributed by atoms with Crippen molar-refractivity contribution in [2.24, 2.45) is 11.7 Å². The topological polar surface area (TPSA) is 89.6 Å². The lowest BCUT2D eigenvalue weighted by molar-refractivity contribution is 0.0699. The van der Waals surface area contributed by atoms with Crippen LogP contribution in [-0.4, -0.2) is 55.3 Å². The van der Waals surface area contributed by atoms with E-state index in [1.165, 1.54) is 5.56 Å². The van der Waals surface area contributed by atoms with Gasteiger partial charge < -0.3 is 20.7 Å². The number of aromatic nitrogens is 1. The summed E-state index contributed by atoms with van der Waals surface area (Å²) in [6.07, 6.45) is 6.18. The summed E-state index contributed by atoms with van der Waals surface area (Å²) in [5.74, 6) is 0.232. The number of hydrogen-bond acceptors (Lipinski definition) is 5. The molecule has 1 atom stereocenters. The van der Waals surface area contributed by atoms with E-state index in [1.54, 1.807) is 10.6 Å². The van der Waals surface area contributed by atoms with Gasteiger partial charge in [0.25, 0.3) is 5.91 Å². The molecule has 3 N–H and O–H groups in total. The molecule has 0 bridgehead atoms. The third kappa shape index (κ3) is 5.26. The monoisotopic (exact) mass is 474 g/mol. The SMILES string of the molecule is NC(=O)c1ccc2c(ccn2C(=O)CCC2COCCN2)c1N1CCC(Cc2ccccc2)CC1. The Bertz CT molecular complexity index is 1180. The number of fused-ring (bicyclic) bond motifs is 1. The zero-order chi connectivity index (χ0) is 24.2. The summed E-state index contributed by atoms with van der Waals surface area (Å²) in [6.45, 7) is 3.92. The van der Waals surface area contributed by atoms with Crippen LogP contribution in [0.4, 0.5) is 5.69 Å². The number of benzene rings is 2. The first kappa shape index (κ1) is 23.6. The van der Waals surface area contributed by atoms with Crippen LogP contribution in [0.3, 0.4) is 0 Å². The Labute approximate surface area is 206 Å². The van der Waals surface area contributed by atoms with Gasteiger partial charge in [0, 0.05) is 43.7 Å². The molecule has 0 spiro atoms. The molecular weight excluding hydrogens is 440 g/mol. The Kier molecular flexibility index (Phi) is 7.16. The summed E-state index contributed by atoms with van der Waals surface area (Å²) in [7, 11) is 0. The van der Waals surface area contributed by atoms with Gasteiger partial charge in [0.15, 0.2) is 0 Å². The smallest absolute Gasteiger partial charge is 0.250 e. The van der Waals surface area contributed by atoms with E-state index in [1.807, 2.05) is 18.3 Å². The fourth-order valence-electron chi connectivity index (χ4n) is 5.49. The average molecular weight is 475 g/mol. The van der Waals surface area contributed by atoms with Gasteiger partial charge in [-0.1, -0.05) is 30.3 Å². The zero-order valence-electron chi connectivity index (χ0n) is 20.1. The fourth-order valence-corrected chi connectivity index (χ4v) is 5.49. The molecule has 3 heterocycles. The number of carbonyl (C=O) groups excluding carboxylic acids is 2. The number of anilines is 1. The summed E-state index contributed by atoms with van der Waals surface area (Å²) in [5.41, 5.74) is 9.36. The first-order valence-electron chi connectivity index (χ1n) is 12.7. The van der Waals surface area contributed by atoms with Crippen LogP contribution < -0.4 is 16.0 Å². The van der Waals surface area contributed by atoms with E-state index in [-0.39, 0.29) is 11.9 Å². The van der Waals surface area contributed by atoms with Crippen LogP contribution in [0.15, 0.2) is 54.7 Å². The van der Waals surface area contributed by atoms with Crippen LogP contribution in [0.5, 0.6) is 0 Å². The number of primary amides is 1. The van der Waals surface area contributed by atoms with Crippen molar-refractivity contribution in [1.29, 1.82) is 0 Å². The van der Waals surface area contributed by atoms with Gasteiger partial charge in [0.1, 0.15) is 0 Å². The largest absolute Gasteiger partial charge is 0.379 e. The van der Waals surface area contributed by atoms with Crippen molar-refractivity contribution in [3.63, 3.8) is 0 Å². The summed E-state index contributed by atoms with van der Waals surface area (Å²) < 4.78 is 7.22. The molecule has 2 saturated heterocycles. The molecule has 2 fully saturated rings. The molecule has 0 aliphatic carbocycles. The zero-order valence-corrected chi connectivity index (χ0v) is 20.1. The number of morpholine rings is 1.